The average Bonchev–Trinajstić information content (AvgIpc) is 2.22. The summed E-state index contributed by atoms with van der Waals surface area (Å²) < 4.78 is 17.8. The molecule has 0 radical (unpaired) electrons. The zero-order valence-electron chi connectivity index (χ0n) is 8.50. The molecule has 5 heteroatoms. The first-order valence-electron chi connectivity index (χ1n) is 4.34. The molecule has 0 aliphatic heterocycles. The van der Waals surface area contributed by atoms with Crippen LogP contribution >= 0.6 is 0 Å². The summed E-state index contributed by atoms with van der Waals surface area (Å²) in [4.78, 5) is 11.4. The van der Waals surface area contributed by atoms with Crippen LogP contribution in [0.25, 0.3) is 0 Å². The van der Waals surface area contributed by atoms with Crippen molar-refractivity contribution in [2.24, 2.45) is 0 Å². The molecular formula is C10H12FNO3. The van der Waals surface area contributed by atoms with Crippen LogP contribution in [0.2, 0.25) is 0 Å². The van der Waals surface area contributed by atoms with E-state index in [1.807, 2.05) is 0 Å². The summed E-state index contributed by atoms with van der Waals surface area (Å²) in [6, 6.07) is 2.34. The predicted octanol–water partition coefficient (Wildman–Crippen LogP) is 0.942. The molecule has 82 valence electrons. The first-order chi connectivity index (χ1) is 7.10. The molecule has 0 atom stereocenters. The first-order valence-corrected chi connectivity index (χ1v) is 4.34. The lowest BCUT2D eigenvalue weighted by Crippen LogP contribution is -2.18. The van der Waals surface area contributed by atoms with Crippen molar-refractivity contribution in [3.8, 4) is 11.5 Å². The lowest BCUT2D eigenvalue weighted by atomic mass is 10.1. The van der Waals surface area contributed by atoms with E-state index < -0.39 is 11.6 Å². The predicted molar refractivity (Wildman–Crippen MR) is 52.9 cm³/mol. The number of carbonyl (C=O) groups is 1. The Morgan fingerprint density at radius 3 is 2.80 bits per heavy atom. The van der Waals surface area contributed by atoms with Crippen molar-refractivity contribution in [2.75, 3.05) is 20.7 Å². The number of ether oxygens (including phenoxy) is 1. The van der Waals surface area contributed by atoms with Crippen molar-refractivity contribution < 1.29 is 19.0 Å². The maximum Gasteiger partial charge on any atom is 0.206 e. The van der Waals surface area contributed by atoms with Gasteiger partial charge in [-0.15, -0.1) is 0 Å². The van der Waals surface area contributed by atoms with Crippen LogP contribution in [-0.2, 0) is 0 Å². The van der Waals surface area contributed by atoms with Crippen LogP contribution in [-0.4, -0.2) is 31.6 Å². The fourth-order valence-corrected chi connectivity index (χ4v) is 1.16. The molecule has 0 aliphatic carbocycles. The second-order valence-corrected chi connectivity index (χ2v) is 2.97. The van der Waals surface area contributed by atoms with Crippen LogP contribution < -0.4 is 10.1 Å². The van der Waals surface area contributed by atoms with E-state index in [0.717, 1.165) is 6.07 Å². The minimum Gasteiger partial charge on any atom is -0.505 e. The molecule has 0 saturated carbocycles. The lowest BCUT2D eigenvalue weighted by molar-refractivity contribution is 0.0992. The number of halogens is 1. The number of likely N-dealkylation sites (N-methyl/N-ethyl adjacent to an activating group) is 1. The molecule has 1 aromatic rings. The average molecular weight is 213 g/mol. The zero-order chi connectivity index (χ0) is 11.4. The number of rotatable bonds is 4. The summed E-state index contributed by atoms with van der Waals surface area (Å²) in [6.07, 6.45) is 0. The Morgan fingerprint density at radius 2 is 2.27 bits per heavy atom. The highest BCUT2D eigenvalue weighted by atomic mass is 19.1. The van der Waals surface area contributed by atoms with Gasteiger partial charge in [0.2, 0.25) is 5.82 Å². The Morgan fingerprint density at radius 1 is 1.60 bits per heavy atom. The SMILES string of the molecule is CNCC(=O)c1cc(O)c(F)c(OC)c1. The molecule has 0 aliphatic rings. The molecule has 0 heterocycles. The number of hydrogen-bond acceptors (Lipinski definition) is 4. The summed E-state index contributed by atoms with van der Waals surface area (Å²) in [6.45, 7) is 0.119. The minimum absolute atomic E-state index is 0.119. The summed E-state index contributed by atoms with van der Waals surface area (Å²) >= 11 is 0. The highest BCUT2D eigenvalue weighted by molar-refractivity contribution is 5.98. The van der Waals surface area contributed by atoms with E-state index in [2.05, 4.69) is 10.1 Å². The summed E-state index contributed by atoms with van der Waals surface area (Å²) in [5, 5.41) is 11.9. The molecule has 0 unspecified atom stereocenters. The molecule has 0 aromatic heterocycles. The number of hydrogen-bond donors (Lipinski definition) is 2. The zero-order valence-corrected chi connectivity index (χ0v) is 8.50. The third-order valence-corrected chi connectivity index (χ3v) is 1.90. The van der Waals surface area contributed by atoms with E-state index in [9.17, 15) is 14.3 Å². The van der Waals surface area contributed by atoms with E-state index in [1.54, 1.807) is 7.05 Å². The molecule has 0 fully saturated rings. The van der Waals surface area contributed by atoms with Gasteiger partial charge in [-0.3, -0.25) is 4.79 Å². The van der Waals surface area contributed by atoms with Crippen molar-refractivity contribution >= 4 is 5.78 Å². The van der Waals surface area contributed by atoms with Gasteiger partial charge in [0.1, 0.15) is 0 Å². The lowest BCUT2D eigenvalue weighted by Gasteiger charge is -2.06. The Balaban J connectivity index is 3.10. The van der Waals surface area contributed by atoms with Gasteiger partial charge < -0.3 is 15.2 Å². The maximum absolute atomic E-state index is 13.1. The monoisotopic (exact) mass is 213 g/mol. The second kappa shape index (κ2) is 4.75. The third-order valence-electron chi connectivity index (χ3n) is 1.90. The molecule has 4 nitrogen and oxygen atoms in total. The molecule has 0 spiro atoms. The fraction of sp³-hybridized carbons (Fsp3) is 0.300. The van der Waals surface area contributed by atoms with E-state index in [0.29, 0.717) is 0 Å². The molecule has 0 bridgehead atoms. The van der Waals surface area contributed by atoms with E-state index in [-0.39, 0.29) is 23.6 Å². The number of phenolic OH excluding ortho intramolecular Hbond substituents is 1. The standard InChI is InChI=1S/C10H12FNO3/c1-12-5-8(14)6-3-7(13)10(11)9(4-6)15-2/h3-4,12-13H,5H2,1-2H3. The Hall–Kier alpha value is -1.62. The Labute approximate surface area is 86.7 Å². The topological polar surface area (TPSA) is 58.6 Å². The number of aromatic hydroxyl groups is 1. The first kappa shape index (κ1) is 11.5. The molecule has 15 heavy (non-hydrogen) atoms. The van der Waals surface area contributed by atoms with Gasteiger partial charge in [-0.1, -0.05) is 0 Å². The molecule has 1 rings (SSSR count). The quantitative estimate of drug-likeness (QED) is 0.731. The molecule has 0 amide bonds. The largest absolute Gasteiger partial charge is 0.505 e. The summed E-state index contributed by atoms with van der Waals surface area (Å²) in [5.74, 6) is -1.84. The van der Waals surface area contributed by atoms with E-state index >= 15 is 0 Å². The van der Waals surface area contributed by atoms with E-state index in [1.165, 1.54) is 13.2 Å². The Kier molecular flexibility index (Phi) is 3.62. The summed E-state index contributed by atoms with van der Waals surface area (Å²) in [5.41, 5.74) is 0.208. The number of methoxy groups -OCH3 is 1. The van der Waals surface area contributed by atoms with Gasteiger partial charge >= 0.3 is 0 Å². The molecule has 1 aromatic carbocycles. The van der Waals surface area contributed by atoms with Crippen molar-refractivity contribution in [3.05, 3.63) is 23.5 Å². The highest BCUT2D eigenvalue weighted by Crippen LogP contribution is 2.27. The molecule has 0 saturated heterocycles. The summed E-state index contributed by atoms with van der Waals surface area (Å²) in [7, 11) is 2.89. The number of benzene rings is 1. The smallest absolute Gasteiger partial charge is 0.206 e. The van der Waals surface area contributed by atoms with Gasteiger partial charge in [0.05, 0.1) is 13.7 Å². The van der Waals surface area contributed by atoms with Gasteiger partial charge in [0, 0.05) is 5.56 Å². The van der Waals surface area contributed by atoms with Crippen LogP contribution in [0, 0.1) is 5.82 Å². The van der Waals surface area contributed by atoms with Crippen molar-refractivity contribution in [1.82, 2.24) is 5.32 Å². The van der Waals surface area contributed by atoms with Crippen LogP contribution in [0.3, 0.4) is 0 Å². The second-order valence-electron chi connectivity index (χ2n) is 2.97. The molecular weight excluding hydrogens is 201 g/mol. The Bertz CT molecular complexity index is 379. The number of ketones is 1. The van der Waals surface area contributed by atoms with Gasteiger partial charge in [-0.05, 0) is 19.2 Å². The van der Waals surface area contributed by atoms with Crippen LogP contribution in [0.4, 0.5) is 4.39 Å². The van der Waals surface area contributed by atoms with Gasteiger partial charge in [0.25, 0.3) is 0 Å². The normalized spacial score (nSPS) is 10.1. The number of phenols is 1. The molecule has 2 N–H and O–H groups in total. The van der Waals surface area contributed by atoms with Gasteiger partial charge in [0.15, 0.2) is 17.3 Å². The number of carbonyl (C=O) groups excluding carboxylic acids is 1. The maximum atomic E-state index is 13.1. The van der Waals surface area contributed by atoms with Crippen LogP contribution in [0.5, 0.6) is 11.5 Å². The highest BCUT2D eigenvalue weighted by Gasteiger charge is 2.14. The number of nitrogens with one attached hydrogen (secondary N) is 1. The van der Waals surface area contributed by atoms with E-state index in [4.69, 9.17) is 0 Å². The van der Waals surface area contributed by atoms with Gasteiger partial charge in [-0.2, -0.15) is 4.39 Å². The van der Waals surface area contributed by atoms with Crippen LogP contribution in [0.15, 0.2) is 12.1 Å². The minimum atomic E-state index is -0.862. The van der Waals surface area contributed by atoms with Crippen molar-refractivity contribution in [3.63, 3.8) is 0 Å². The van der Waals surface area contributed by atoms with Crippen molar-refractivity contribution in [1.29, 1.82) is 0 Å². The van der Waals surface area contributed by atoms with Gasteiger partial charge in [-0.25, -0.2) is 0 Å². The van der Waals surface area contributed by atoms with Crippen LogP contribution in [0.1, 0.15) is 10.4 Å². The van der Waals surface area contributed by atoms with Crippen molar-refractivity contribution in [2.45, 2.75) is 0 Å². The third kappa shape index (κ3) is 2.44. The number of Topliss-reactive ketones (excluding diaryl/α,β-unsaturated/α-hetero) is 1. The fourth-order valence-electron chi connectivity index (χ4n) is 1.16.